The van der Waals surface area contributed by atoms with E-state index < -0.39 is 77.1 Å². The van der Waals surface area contributed by atoms with Gasteiger partial charge in [0.2, 0.25) is 0 Å². The van der Waals surface area contributed by atoms with Gasteiger partial charge in [0, 0.05) is 48.7 Å². The summed E-state index contributed by atoms with van der Waals surface area (Å²) in [5, 5.41) is 15.0. The van der Waals surface area contributed by atoms with Crippen LogP contribution in [-0.4, -0.2) is 121 Å². The Morgan fingerprint density at radius 1 is 1.08 bits per heavy atom. The van der Waals surface area contributed by atoms with Crippen molar-refractivity contribution in [2.75, 3.05) is 40.4 Å². The molecular weight excluding hydrogens is 678 g/mol. The number of carbonyl (C=O) groups excluding carboxylic acids is 3. The van der Waals surface area contributed by atoms with E-state index in [1.807, 2.05) is 78.9 Å². The molecule has 298 valence electrons. The number of ketones is 2. The fourth-order valence-electron chi connectivity index (χ4n) is 8.91. The number of fused-ring (bicyclic) bond motifs is 1. The molecule has 0 aromatic carbocycles. The number of carbonyl (C=O) groups is 3. The van der Waals surface area contributed by atoms with Crippen molar-refractivity contribution in [3.8, 4) is 0 Å². The lowest BCUT2D eigenvalue weighted by atomic mass is 9.69. The Morgan fingerprint density at radius 3 is 2.43 bits per heavy atom. The van der Waals surface area contributed by atoms with Crippen molar-refractivity contribution < 1.29 is 43.2 Å². The van der Waals surface area contributed by atoms with Gasteiger partial charge in [-0.1, -0.05) is 40.3 Å². The first kappa shape index (κ1) is 43.2. The minimum atomic E-state index is -1.24. The maximum absolute atomic E-state index is 14.5. The van der Waals surface area contributed by atoms with Crippen molar-refractivity contribution >= 4 is 17.5 Å². The summed E-state index contributed by atoms with van der Waals surface area (Å²) in [5.41, 5.74) is -0.360. The zero-order valence-corrected chi connectivity index (χ0v) is 33.6. The van der Waals surface area contributed by atoms with Gasteiger partial charge in [0.1, 0.15) is 29.5 Å². The fourth-order valence-corrected chi connectivity index (χ4v) is 8.91. The van der Waals surface area contributed by atoms with Crippen LogP contribution < -0.4 is 5.32 Å². The molecule has 53 heavy (non-hydrogen) atoms. The van der Waals surface area contributed by atoms with Gasteiger partial charge in [-0.05, 0) is 91.2 Å². The van der Waals surface area contributed by atoms with Gasteiger partial charge in [-0.15, -0.1) is 0 Å². The number of aliphatic hydroxyl groups excluding tert-OH is 1. The lowest BCUT2D eigenvalue weighted by molar-refractivity contribution is -0.297. The lowest BCUT2D eigenvalue weighted by Gasteiger charge is -2.47. The first-order chi connectivity index (χ1) is 24.9. The Morgan fingerprint density at radius 2 is 1.79 bits per heavy atom. The third kappa shape index (κ3) is 9.81. The molecule has 3 aliphatic heterocycles. The number of likely N-dealkylation sites (N-methyl/N-ethyl adjacent to an activating group) is 1. The van der Waals surface area contributed by atoms with Crippen molar-refractivity contribution in [2.45, 2.75) is 129 Å². The Hall–Kier alpha value is -2.58. The molecule has 0 bridgehead atoms. The minimum Gasteiger partial charge on any atom is -0.459 e. The lowest BCUT2D eigenvalue weighted by Crippen LogP contribution is -2.59. The van der Waals surface area contributed by atoms with Gasteiger partial charge >= 0.3 is 5.97 Å². The number of Topliss-reactive ketones (excluding diaryl/α,β-unsaturated/α-hetero) is 2. The first-order valence-corrected chi connectivity index (χ1v) is 19.4. The van der Waals surface area contributed by atoms with Crippen LogP contribution in [0.1, 0.15) is 80.2 Å². The van der Waals surface area contributed by atoms with E-state index in [-0.39, 0.29) is 37.6 Å². The summed E-state index contributed by atoms with van der Waals surface area (Å²) in [5.74, 6) is -4.61. The molecular formula is C41H65N3O9. The van der Waals surface area contributed by atoms with Crippen LogP contribution in [0.4, 0.5) is 0 Å². The van der Waals surface area contributed by atoms with Gasteiger partial charge in [-0.25, -0.2) is 0 Å². The summed E-state index contributed by atoms with van der Waals surface area (Å²) < 4.78 is 32.1. The van der Waals surface area contributed by atoms with Crippen molar-refractivity contribution in [1.29, 1.82) is 0 Å². The number of rotatable bonds is 11. The molecule has 2 N–H and O–H groups in total. The molecule has 3 aliphatic rings. The highest BCUT2D eigenvalue weighted by atomic mass is 16.7. The normalized spacial score (nSPS) is 39.1. The molecule has 0 aliphatic carbocycles. The van der Waals surface area contributed by atoms with E-state index in [2.05, 4.69) is 16.9 Å². The van der Waals surface area contributed by atoms with E-state index in [1.165, 1.54) is 0 Å². The number of aliphatic hydroxyl groups is 1. The molecule has 4 rings (SSSR count). The molecule has 1 aromatic heterocycles. The summed E-state index contributed by atoms with van der Waals surface area (Å²) >= 11 is 0. The average molecular weight is 744 g/mol. The second-order valence-electron chi connectivity index (χ2n) is 16.3. The quantitative estimate of drug-likeness (QED) is 0.145. The van der Waals surface area contributed by atoms with Gasteiger partial charge in [0.25, 0.3) is 0 Å². The molecule has 12 heteroatoms. The van der Waals surface area contributed by atoms with E-state index in [0.29, 0.717) is 25.9 Å². The standard InChI is InChI=1S/C41H65N3O9/c1-12-32-41(9)33(25(3)23-50-41)27(5)34(45)24(2)21-40(8,49-19-18-42-17-15-30-14-13-16-43-22-30)37(28(6)35(46)29(7)38(48)52-32)53-39-36(47)31(44(10)11)20-26(4)51-39/h13-14,16,22,24,26-29,31-33,36-37,39,42,47H,3,12,15,17-21,23H2,1-2,4-11H3/t24?,26-,27?,28-,29+,31?,32?,33?,36-,37+,39+,40?,41+/m0/s1. The molecule has 3 saturated heterocycles. The van der Waals surface area contributed by atoms with Crippen LogP contribution >= 0.6 is 0 Å². The van der Waals surface area contributed by atoms with E-state index in [1.54, 1.807) is 20.0 Å². The summed E-state index contributed by atoms with van der Waals surface area (Å²) in [4.78, 5) is 48.9. The second-order valence-corrected chi connectivity index (χ2v) is 16.3. The zero-order valence-electron chi connectivity index (χ0n) is 33.6. The van der Waals surface area contributed by atoms with Crippen molar-refractivity contribution in [3.63, 3.8) is 0 Å². The highest BCUT2D eigenvalue weighted by molar-refractivity contribution is 6.00. The number of esters is 1. The molecule has 3 fully saturated rings. The average Bonchev–Trinajstić information content (AvgIpc) is 3.44. The Bertz CT molecular complexity index is 1410. The second kappa shape index (κ2) is 18.4. The third-order valence-electron chi connectivity index (χ3n) is 11.9. The van der Waals surface area contributed by atoms with Crippen molar-refractivity contribution in [3.05, 3.63) is 42.2 Å². The monoisotopic (exact) mass is 743 g/mol. The molecule has 0 spiro atoms. The van der Waals surface area contributed by atoms with Gasteiger partial charge in [0.05, 0.1) is 31.0 Å². The maximum Gasteiger partial charge on any atom is 0.316 e. The van der Waals surface area contributed by atoms with E-state index >= 15 is 0 Å². The zero-order chi connectivity index (χ0) is 39.2. The maximum atomic E-state index is 14.5. The van der Waals surface area contributed by atoms with Crippen LogP contribution in [0.5, 0.6) is 0 Å². The van der Waals surface area contributed by atoms with E-state index in [4.69, 9.17) is 23.7 Å². The summed E-state index contributed by atoms with van der Waals surface area (Å²) in [7, 11) is 3.79. The van der Waals surface area contributed by atoms with Crippen LogP contribution in [0.15, 0.2) is 36.7 Å². The van der Waals surface area contributed by atoms with Gasteiger partial charge in [0.15, 0.2) is 12.1 Å². The summed E-state index contributed by atoms with van der Waals surface area (Å²) in [6.07, 6.45) is 1.50. The number of hydrogen-bond acceptors (Lipinski definition) is 12. The summed E-state index contributed by atoms with van der Waals surface area (Å²) in [6, 6.07) is 3.67. The Balaban J connectivity index is 1.72. The number of nitrogens with one attached hydrogen (secondary N) is 1. The van der Waals surface area contributed by atoms with Crippen molar-refractivity contribution in [2.24, 2.45) is 29.6 Å². The number of aromatic nitrogens is 1. The minimum absolute atomic E-state index is 0.0168. The molecule has 4 heterocycles. The van der Waals surface area contributed by atoms with Crippen LogP contribution in [0.25, 0.3) is 0 Å². The van der Waals surface area contributed by atoms with Gasteiger partial charge < -0.3 is 39.0 Å². The Labute approximate surface area is 316 Å². The van der Waals surface area contributed by atoms with Crippen LogP contribution in [0, 0.1) is 29.6 Å². The van der Waals surface area contributed by atoms with Gasteiger partial charge in [-0.2, -0.15) is 0 Å². The molecule has 13 atom stereocenters. The number of cyclic esters (lactones) is 1. The third-order valence-corrected chi connectivity index (χ3v) is 11.9. The largest absolute Gasteiger partial charge is 0.459 e. The highest BCUT2D eigenvalue weighted by Gasteiger charge is 2.55. The molecule has 0 radical (unpaired) electrons. The highest BCUT2D eigenvalue weighted by Crippen LogP contribution is 2.46. The number of pyridine rings is 1. The van der Waals surface area contributed by atoms with Crippen molar-refractivity contribution in [1.82, 2.24) is 15.2 Å². The predicted molar refractivity (Wildman–Crippen MR) is 201 cm³/mol. The molecule has 0 saturated carbocycles. The smallest absolute Gasteiger partial charge is 0.316 e. The first-order valence-electron chi connectivity index (χ1n) is 19.4. The Kier molecular flexibility index (Phi) is 15.0. The van der Waals surface area contributed by atoms with E-state index in [9.17, 15) is 19.5 Å². The van der Waals surface area contributed by atoms with E-state index in [0.717, 1.165) is 17.6 Å². The van der Waals surface area contributed by atoms with Gasteiger partial charge in [-0.3, -0.25) is 19.4 Å². The molecule has 12 nitrogen and oxygen atoms in total. The predicted octanol–water partition coefficient (Wildman–Crippen LogP) is 4.17. The topological polar surface area (TPSA) is 146 Å². The molecule has 6 unspecified atom stereocenters. The number of hydrogen-bond donors (Lipinski definition) is 2. The molecule has 0 amide bonds. The van der Waals surface area contributed by atoms with Crippen LogP contribution in [0.2, 0.25) is 0 Å². The van der Waals surface area contributed by atoms with Crippen LogP contribution in [-0.2, 0) is 44.5 Å². The number of nitrogens with zero attached hydrogens (tertiary/aromatic N) is 2. The fraction of sp³-hybridized carbons (Fsp3) is 0.756. The number of ether oxygens (including phenoxy) is 5. The summed E-state index contributed by atoms with van der Waals surface area (Å²) in [6.45, 7) is 20.6. The van der Waals surface area contributed by atoms with Crippen LogP contribution in [0.3, 0.4) is 0 Å². The SMILES string of the molecule is C=C1CO[C@]2(C)C(CC)OC(=O)[C@H](C)C(=O)[C@H](C)[C@@H](O[C@H]3O[C@@H](C)CC(N(C)C)[C@@H]3O)C(C)(OCCNCCc3cccnc3)CC(C)C(=O)C(C)C12. The molecule has 1 aromatic rings.